The van der Waals surface area contributed by atoms with Gasteiger partial charge in [-0.15, -0.1) is 0 Å². The molecule has 1 fully saturated rings. The maximum Gasteiger partial charge on any atom is 0.141 e. The topological polar surface area (TPSA) is 42.4 Å². The summed E-state index contributed by atoms with van der Waals surface area (Å²) in [7, 11) is 0. The second kappa shape index (κ2) is 4.78. The number of ether oxygens (including phenoxy) is 1. The highest BCUT2D eigenvalue weighted by Gasteiger charge is 2.55. The lowest BCUT2D eigenvalue weighted by Gasteiger charge is -2.39. The monoisotopic (exact) mass is 281 g/mol. The smallest absolute Gasteiger partial charge is 0.141 e. The molecule has 1 N–H and O–H groups in total. The van der Waals surface area contributed by atoms with Crippen molar-refractivity contribution in [3.63, 3.8) is 0 Å². The van der Waals surface area contributed by atoms with Crippen LogP contribution in [0.2, 0.25) is 0 Å². The Labute approximate surface area is 120 Å². The molecule has 1 aliphatic heterocycles. The maximum absolute atomic E-state index is 13.1. The first kappa shape index (κ1) is 15.4. The molecule has 0 aromatic carbocycles. The van der Waals surface area contributed by atoms with Gasteiger partial charge in [-0.25, -0.2) is 4.39 Å². The Hall–Kier alpha value is -1.00. The van der Waals surface area contributed by atoms with Gasteiger partial charge in [0.25, 0.3) is 0 Å². The lowest BCUT2D eigenvalue weighted by atomic mass is 9.71. The summed E-state index contributed by atoms with van der Waals surface area (Å²) < 4.78 is 19.1. The first-order valence-corrected chi connectivity index (χ1v) is 7.15. The summed E-state index contributed by atoms with van der Waals surface area (Å²) in [5.41, 5.74) is -1.33. The summed E-state index contributed by atoms with van der Waals surface area (Å²) in [6, 6.07) is 2.91. The Kier molecular flexibility index (Phi) is 3.68. The molecule has 0 amide bonds. The zero-order chi connectivity index (χ0) is 15.2. The van der Waals surface area contributed by atoms with E-state index in [4.69, 9.17) is 4.74 Å². The van der Waals surface area contributed by atoms with Crippen LogP contribution in [-0.4, -0.2) is 21.3 Å². The van der Waals surface area contributed by atoms with Gasteiger partial charge in [-0.3, -0.25) is 4.98 Å². The van der Waals surface area contributed by atoms with E-state index in [2.05, 4.69) is 4.98 Å². The number of hydrogen-bond donors (Lipinski definition) is 1. The fraction of sp³-hybridized carbons (Fsp3) is 0.688. The molecule has 0 bridgehead atoms. The van der Waals surface area contributed by atoms with Crippen LogP contribution in [0.4, 0.5) is 4.39 Å². The minimum absolute atomic E-state index is 0.0899. The van der Waals surface area contributed by atoms with Crippen LogP contribution < -0.4 is 0 Å². The van der Waals surface area contributed by atoms with Gasteiger partial charge >= 0.3 is 0 Å². The van der Waals surface area contributed by atoms with E-state index in [9.17, 15) is 9.50 Å². The fourth-order valence-corrected chi connectivity index (χ4v) is 3.54. The van der Waals surface area contributed by atoms with Gasteiger partial charge in [-0.1, -0.05) is 6.92 Å². The Balaban J connectivity index is 2.43. The van der Waals surface area contributed by atoms with Crippen molar-refractivity contribution >= 4 is 0 Å². The summed E-state index contributed by atoms with van der Waals surface area (Å²) in [5, 5.41) is 11.2. The van der Waals surface area contributed by atoms with Gasteiger partial charge in [0.05, 0.1) is 23.1 Å². The quantitative estimate of drug-likeness (QED) is 0.923. The van der Waals surface area contributed by atoms with E-state index in [1.807, 2.05) is 34.6 Å². The number of aliphatic hydroxyl groups is 1. The third kappa shape index (κ3) is 2.59. The minimum atomic E-state index is -1.11. The molecular formula is C16H24FNO2. The second-order valence-electron chi connectivity index (χ2n) is 6.86. The lowest BCUT2D eigenvalue weighted by molar-refractivity contribution is -0.119. The molecule has 0 spiro atoms. The normalized spacial score (nSPS) is 27.2. The summed E-state index contributed by atoms with van der Waals surface area (Å²) in [5.74, 6) is -0.484. The van der Waals surface area contributed by atoms with Crippen molar-refractivity contribution in [2.24, 2.45) is 5.92 Å². The van der Waals surface area contributed by atoms with Crippen LogP contribution in [0.5, 0.6) is 0 Å². The molecule has 1 saturated heterocycles. The van der Waals surface area contributed by atoms with Gasteiger partial charge in [-0.05, 0) is 52.7 Å². The lowest BCUT2D eigenvalue weighted by Crippen LogP contribution is -2.44. The number of nitrogens with zero attached hydrogens (tertiary/aromatic N) is 1. The average Bonchev–Trinajstić information content (AvgIpc) is 2.57. The molecule has 1 aliphatic rings. The highest BCUT2D eigenvalue weighted by molar-refractivity contribution is 5.18. The predicted octanol–water partition coefficient (Wildman–Crippen LogP) is 3.41. The van der Waals surface area contributed by atoms with Gasteiger partial charge in [0.15, 0.2) is 0 Å². The fourth-order valence-electron chi connectivity index (χ4n) is 3.54. The van der Waals surface area contributed by atoms with E-state index in [1.54, 1.807) is 6.07 Å². The molecule has 0 aliphatic carbocycles. The van der Waals surface area contributed by atoms with E-state index in [1.165, 1.54) is 6.07 Å². The molecule has 2 heterocycles. The maximum atomic E-state index is 13.1. The molecule has 1 aromatic rings. The highest BCUT2D eigenvalue weighted by Crippen LogP contribution is 2.51. The Morgan fingerprint density at radius 1 is 1.40 bits per heavy atom. The van der Waals surface area contributed by atoms with Crippen molar-refractivity contribution in [3.8, 4) is 0 Å². The molecule has 4 heteroatoms. The number of aromatic nitrogens is 1. The van der Waals surface area contributed by atoms with Crippen molar-refractivity contribution in [1.82, 2.24) is 4.98 Å². The van der Waals surface area contributed by atoms with E-state index in [-0.39, 0.29) is 11.5 Å². The number of pyridine rings is 1. The van der Waals surface area contributed by atoms with Crippen LogP contribution in [-0.2, 0) is 10.3 Å². The van der Waals surface area contributed by atoms with Crippen molar-refractivity contribution in [2.75, 3.05) is 0 Å². The van der Waals surface area contributed by atoms with E-state index in [0.717, 1.165) is 12.6 Å². The number of hydrogen-bond acceptors (Lipinski definition) is 3. The minimum Gasteiger partial charge on any atom is -0.383 e. The molecular weight excluding hydrogens is 257 g/mol. The second-order valence-corrected chi connectivity index (χ2v) is 6.86. The van der Waals surface area contributed by atoms with Crippen LogP contribution >= 0.6 is 0 Å². The molecule has 2 unspecified atom stereocenters. The molecule has 1 aromatic heterocycles. The summed E-state index contributed by atoms with van der Waals surface area (Å²) >= 11 is 0. The Bertz CT molecular complexity index is 484. The average molecular weight is 281 g/mol. The number of rotatable bonds is 3. The van der Waals surface area contributed by atoms with Crippen molar-refractivity contribution in [2.45, 2.75) is 64.3 Å². The van der Waals surface area contributed by atoms with Gasteiger partial charge in [0, 0.05) is 5.92 Å². The van der Waals surface area contributed by atoms with Crippen LogP contribution in [0, 0.1) is 11.7 Å². The Morgan fingerprint density at radius 3 is 2.45 bits per heavy atom. The van der Waals surface area contributed by atoms with Crippen molar-refractivity contribution in [3.05, 3.63) is 29.8 Å². The van der Waals surface area contributed by atoms with E-state index >= 15 is 0 Å². The molecule has 112 valence electrons. The van der Waals surface area contributed by atoms with E-state index in [0.29, 0.717) is 12.1 Å². The van der Waals surface area contributed by atoms with Crippen LogP contribution in [0.1, 0.15) is 53.2 Å². The zero-order valence-electron chi connectivity index (χ0n) is 12.9. The van der Waals surface area contributed by atoms with Crippen LogP contribution in [0.25, 0.3) is 0 Å². The Morgan fingerprint density at radius 2 is 2.05 bits per heavy atom. The van der Waals surface area contributed by atoms with Crippen molar-refractivity contribution < 1.29 is 14.2 Å². The third-order valence-electron chi connectivity index (χ3n) is 4.36. The summed E-state index contributed by atoms with van der Waals surface area (Å²) in [6.07, 6.45) is 2.41. The standard InChI is InChI=1S/C16H24FNO2/c1-6-16(19,13-8-7-11(17)10-18-13)12-9-14(2,3)20-15(12,4)5/h7-8,10,12,19H,6,9H2,1-5H3. The van der Waals surface area contributed by atoms with E-state index < -0.39 is 17.0 Å². The predicted molar refractivity (Wildman–Crippen MR) is 75.7 cm³/mol. The van der Waals surface area contributed by atoms with Gasteiger partial charge in [0.2, 0.25) is 0 Å². The first-order valence-electron chi connectivity index (χ1n) is 7.15. The largest absolute Gasteiger partial charge is 0.383 e. The van der Waals surface area contributed by atoms with Crippen LogP contribution in [0.15, 0.2) is 18.3 Å². The SMILES string of the molecule is CCC(O)(c1ccc(F)cn1)C1CC(C)(C)OC1(C)C. The van der Waals surface area contributed by atoms with Gasteiger partial charge in [0.1, 0.15) is 11.4 Å². The molecule has 0 saturated carbocycles. The van der Waals surface area contributed by atoms with Crippen molar-refractivity contribution in [1.29, 1.82) is 0 Å². The number of halogens is 1. The summed E-state index contributed by atoms with van der Waals surface area (Å²) in [6.45, 7) is 9.98. The summed E-state index contributed by atoms with van der Waals surface area (Å²) in [4.78, 5) is 4.10. The highest BCUT2D eigenvalue weighted by atomic mass is 19.1. The zero-order valence-corrected chi connectivity index (χ0v) is 12.9. The first-order chi connectivity index (χ1) is 9.11. The van der Waals surface area contributed by atoms with Gasteiger partial charge in [-0.2, -0.15) is 0 Å². The molecule has 0 radical (unpaired) electrons. The molecule has 20 heavy (non-hydrogen) atoms. The third-order valence-corrected chi connectivity index (χ3v) is 4.36. The van der Waals surface area contributed by atoms with Crippen LogP contribution in [0.3, 0.4) is 0 Å². The molecule has 3 nitrogen and oxygen atoms in total. The molecule has 2 rings (SSSR count). The molecule has 2 atom stereocenters. The van der Waals surface area contributed by atoms with Gasteiger partial charge < -0.3 is 9.84 Å².